The summed E-state index contributed by atoms with van der Waals surface area (Å²) in [6, 6.07) is 15.2. The number of carbonyl (C=O) groups excluding carboxylic acids is 2. The summed E-state index contributed by atoms with van der Waals surface area (Å²) in [4.78, 5) is 26.9. The molecule has 0 radical (unpaired) electrons. The number of benzene rings is 2. The molecule has 0 fully saturated rings. The first kappa shape index (κ1) is 22.3. The predicted molar refractivity (Wildman–Crippen MR) is 114 cm³/mol. The topological polar surface area (TPSA) is 58.6 Å². The van der Waals surface area contributed by atoms with Crippen LogP contribution in [0.4, 0.5) is 0 Å². The first-order valence-corrected chi connectivity index (χ1v) is 10.3. The second kappa shape index (κ2) is 11.7. The van der Waals surface area contributed by atoms with Gasteiger partial charge in [0.25, 0.3) is 5.91 Å². The van der Waals surface area contributed by atoms with E-state index in [1.807, 2.05) is 36.4 Å². The van der Waals surface area contributed by atoms with Crippen molar-refractivity contribution in [3.05, 3.63) is 64.7 Å². The minimum absolute atomic E-state index is 0.0278. The molecule has 0 aromatic heterocycles. The van der Waals surface area contributed by atoms with E-state index in [1.54, 1.807) is 38.1 Å². The summed E-state index contributed by atoms with van der Waals surface area (Å²) in [5.41, 5.74) is 1.69. The quantitative estimate of drug-likeness (QED) is 0.468. The van der Waals surface area contributed by atoms with Gasteiger partial charge in [-0.1, -0.05) is 23.7 Å². The first-order valence-electron chi connectivity index (χ1n) is 8.98. The van der Waals surface area contributed by atoms with E-state index in [4.69, 9.17) is 16.3 Å². The molecule has 7 heteroatoms. The monoisotopic (exact) mass is 420 g/mol. The molecule has 0 atom stereocenters. The van der Waals surface area contributed by atoms with Gasteiger partial charge in [0, 0.05) is 48.5 Å². The van der Waals surface area contributed by atoms with Crippen LogP contribution in [0.25, 0.3) is 0 Å². The molecule has 2 rings (SSSR count). The minimum Gasteiger partial charge on any atom is -0.385 e. The van der Waals surface area contributed by atoms with Gasteiger partial charge in [-0.25, -0.2) is 0 Å². The molecular weight excluding hydrogens is 396 g/mol. The van der Waals surface area contributed by atoms with Crippen LogP contribution in [0, 0.1) is 0 Å². The van der Waals surface area contributed by atoms with E-state index < -0.39 is 0 Å². The van der Waals surface area contributed by atoms with Crippen molar-refractivity contribution in [3.63, 3.8) is 0 Å². The zero-order valence-corrected chi connectivity index (χ0v) is 17.7. The minimum atomic E-state index is -0.178. The fourth-order valence-corrected chi connectivity index (χ4v) is 3.43. The number of thioether (sulfide) groups is 1. The molecule has 0 aliphatic carbocycles. The SMILES string of the molecule is COCCCNC(=O)CN(C)C(=O)c1ccc(CSc2ccc(Cl)cc2)cc1. The summed E-state index contributed by atoms with van der Waals surface area (Å²) in [6.45, 7) is 1.16. The van der Waals surface area contributed by atoms with Crippen molar-refractivity contribution in [2.24, 2.45) is 0 Å². The number of nitrogens with zero attached hydrogens (tertiary/aromatic N) is 1. The lowest BCUT2D eigenvalue weighted by molar-refractivity contribution is -0.121. The Balaban J connectivity index is 1.81. The third kappa shape index (κ3) is 7.54. The van der Waals surface area contributed by atoms with E-state index in [1.165, 1.54) is 4.90 Å². The highest BCUT2D eigenvalue weighted by Gasteiger charge is 2.14. The summed E-state index contributed by atoms with van der Waals surface area (Å²) in [5.74, 6) is 0.447. The van der Waals surface area contributed by atoms with Gasteiger partial charge in [-0.15, -0.1) is 11.8 Å². The van der Waals surface area contributed by atoms with Crippen LogP contribution in [0.15, 0.2) is 53.4 Å². The highest BCUT2D eigenvalue weighted by molar-refractivity contribution is 7.98. The number of halogens is 1. The van der Waals surface area contributed by atoms with Gasteiger partial charge in [0.1, 0.15) is 0 Å². The lowest BCUT2D eigenvalue weighted by Crippen LogP contribution is -2.38. The molecule has 0 saturated heterocycles. The maximum atomic E-state index is 12.5. The van der Waals surface area contributed by atoms with Gasteiger partial charge in [-0.05, 0) is 48.4 Å². The summed E-state index contributed by atoms with van der Waals surface area (Å²) >= 11 is 7.60. The number of hydrogen-bond acceptors (Lipinski definition) is 4. The van der Waals surface area contributed by atoms with Crippen molar-refractivity contribution in [2.45, 2.75) is 17.1 Å². The van der Waals surface area contributed by atoms with E-state index in [0.29, 0.717) is 18.7 Å². The number of hydrogen-bond donors (Lipinski definition) is 1. The van der Waals surface area contributed by atoms with E-state index in [2.05, 4.69) is 5.32 Å². The molecule has 150 valence electrons. The molecule has 0 heterocycles. The zero-order chi connectivity index (χ0) is 20.4. The molecule has 0 spiro atoms. The van der Waals surface area contributed by atoms with Gasteiger partial charge in [-0.3, -0.25) is 9.59 Å². The number of nitrogens with one attached hydrogen (secondary N) is 1. The Kier molecular flexibility index (Phi) is 9.34. The Morgan fingerprint density at radius 3 is 2.43 bits per heavy atom. The number of rotatable bonds is 10. The van der Waals surface area contributed by atoms with Crippen molar-refractivity contribution in [3.8, 4) is 0 Å². The molecule has 0 unspecified atom stereocenters. The normalized spacial score (nSPS) is 10.5. The van der Waals surface area contributed by atoms with E-state index >= 15 is 0 Å². The van der Waals surface area contributed by atoms with E-state index in [0.717, 1.165) is 27.7 Å². The second-order valence-corrected chi connectivity index (χ2v) is 7.78. The van der Waals surface area contributed by atoms with Crippen LogP contribution >= 0.6 is 23.4 Å². The largest absolute Gasteiger partial charge is 0.385 e. The molecule has 1 N–H and O–H groups in total. The van der Waals surface area contributed by atoms with Gasteiger partial charge in [0.2, 0.25) is 5.91 Å². The van der Waals surface area contributed by atoms with Crippen LogP contribution in [0.1, 0.15) is 22.3 Å². The average molecular weight is 421 g/mol. The summed E-state index contributed by atoms with van der Waals surface area (Å²) in [7, 11) is 3.25. The highest BCUT2D eigenvalue weighted by Crippen LogP contribution is 2.24. The standard InChI is InChI=1S/C21H25ClN2O3S/c1-24(14-20(25)23-12-3-13-27-2)21(26)17-6-4-16(5-7-17)15-28-19-10-8-18(22)9-11-19/h4-11H,3,12-15H2,1-2H3,(H,23,25). The highest BCUT2D eigenvalue weighted by atomic mass is 35.5. The van der Waals surface area contributed by atoms with Crippen molar-refractivity contribution in [1.29, 1.82) is 0 Å². The summed E-state index contributed by atoms with van der Waals surface area (Å²) in [6.07, 6.45) is 0.745. The van der Waals surface area contributed by atoms with Gasteiger partial charge >= 0.3 is 0 Å². The molecule has 0 bridgehead atoms. The van der Waals surface area contributed by atoms with Crippen molar-refractivity contribution in [2.75, 3.05) is 33.9 Å². The Labute approximate surface area is 175 Å². The number of carbonyl (C=O) groups is 2. The maximum Gasteiger partial charge on any atom is 0.254 e. The Morgan fingerprint density at radius 1 is 1.11 bits per heavy atom. The molecule has 0 aliphatic rings. The first-order chi connectivity index (χ1) is 13.5. The summed E-state index contributed by atoms with van der Waals surface area (Å²) < 4.78 is 4.93. The van der Waals surface area contributed by atoms with E-state index in [9.17, 15) is 9.59 Å². The van der Waals surface area contributed by atoms with Crippen LogP contribution in [0.3, 0.4) is 0 Å². The van der Waals surface area contributed by atoms with Crippen LogP contribution < -0.4 is 5.32 Å². The molecular formula is C21H25ClN2O3S. The second-order valence-electron chi connectivity index (χ2n) is 6.30. The van der Waals surface area contributed by atoms with Crippen molar-refractivity contribution in [1.82, 2.24) is 10.2 Å². The number of amides is 2. The lowest BCUT2D eigenvalue weighted by atomic mass is 10.1. The Morgan fingerprint density at radius 2 is 1.79 bits per heavy atom. The lowest BCUT2D eigenvalue weighted by Gasteiger charge is -2.17. The number of likely N-dealkylation sites (N-methyl/N-ethyl adjacent to an activating group) is 1. The maximum absolute atomic E-state index is 12.5. The third-order valence-corrected chi connectivity index (χ3v) is 5.33. The van der Waals surface area contributed by atoms with Crippen LogP contribution in [-0.2, 0) is 15.3 Å². The molecule has 0 aliphatic heterocycles. The van der Waals surface area contributed by atoms with E-state index in [-0.39, 0.29) is 18.4 Å². The number of methoxy groups -OCH3 is 1. The number of ether oxygens (including phenoxy) is 1. The molecule has 5 nitrogen and oxygen atoms in total. The fraction of sp³-hybridized carbons (Fsp3) is 0.333. The van der Waals surface area contributed by atoms with Crippen LogP contribution in [0.2, 0.25) is 5.02 Å². The predicted octanol–water partition coefficient (Wildman–Crippen LogP) is 3.86. The molecule has 28 heavy (non-hydrogen) atoms. The third-order valence-electron chi connectivity index (χ3n) is 3.99. The van der Waals surface area contributed by atoms with Crippen LogP contribution in [0.5, 0.6) is 0 Å². The van der Waals surface area contributed by atoms with Gasteiger partial charge in [-0.2, -0.15) is 0 Å². The molecule has 2 amide bonds. The molecule has 2 aromatic carbocycles. The van der Waals surface area contributed by atoms with Crippen molar-refractivity contribution >= 4 is 35.2 Å². The van der Waals surface area contributed by atoms with Gasteiger partial charge in [0.15, 0.2) is 0 Å². The average Bonchev–Trinajstić information content (AvgIpc) is 2.70. The smallest absolute Gasteiger partial charge is 0.254 e. The fourth-order valence-electron chi connectivity index (χ4n) is 2.45. The Bertz CT molecular complexity index is 766. The van der Waals surface area contributed by atoms with Gasteiger partial charge in [0.05, 0.1) is 6.54 Å². The van der Waals surface area contributed by atoms with Gasteiger partial charge < -0.3 is 15.0 Å². The Hall–Kier alpha value is -2.02. The zero-order valence-electron chi connectivity index (χ0n) is 16.1. The van der Waals surface area contributed by atoms with Crippen molar-refractivity contribution < 1.29 is 14.3 Å². The van der Waals surface area contributed by atoms with Crippen LogP contribution in [-0.4, -0.2) is 50.6 Å². The molecule has 0 saturated carbocycles. The molecule has 2 aromatic rings. The summed E-state index contributed by atoms with van der Waals surface area (Å²) in [5, 5.41) is 3.50.